The lowest BCUT2D eigenvalue weighted by atomic mass is 10.0. The zero-order valence-corrected chi connectivity index (χ0v) is 11.4. The molecule has 1 aromatic rings. The van der Waals surface area contributed by atoms with Gasteiger partial charge in [0.1, 0.15) is 0 Å². The Balaban J connectivity index is 1.84. The molecule has 1 fully saturated rings. The second-order valence-corrected chi connectivity index (χ2v) is 5.19. The predicted octanol–water partition coefficient (Wildman–Crippen LogP) is 2.95. The van der Waals surface area contributed by atoms with Crippen LogP contribution in [0.15, 0.2) is 18.2 Å². The normalized spacial score (nSPS) is 20.9. The van der Waals surface area contributed by atoms with Crippen molar-refractivity contribution in [1.29, 1.82) is 0 Å². The van der Waals surface area contributed by atoms with Crippen molar-refractivity contribution in [3.8, 4) is 11.5 Å². The molecular formula is C15H23NO2. The fraction of sp³-hybridized carbons (Fsp3) is 0.600. The van der Waals surface area contributed by atoms with Crippen molar-refractivity contribution >= 4 is 0 Å². The van der Waals surface area contributed by atoms with Gasteiger partial charge >= 0.3 is 0 Å². The summed E-state index contributed by atoms with van der Waals surface area (Å²) >= 11 is 0. The number of aromatic hydroxyl groups is 1. The molecule has 18 heavy (non-hydrogen) atoms. The maximum atomic E-state index is 9.74. The minimum absolute atomic E-state index is 0.243. The minimum atomic E-state index is 0.243. The molecule has 0 radical (unpaired) electrons. The lowest BCUT2D eigenvalue weighted by Crippen LogP contribution is -2.37. The second-order valence-electron chi connectivity index (χ2n) is 5.19. The highest BCUT2D eigenvalue weighted by Crippen LogP contribution is 2.29. The number of hydrogen-bond donors (Lipinski definition) is 1. The number of ether oxygens (including phenoxy) is 1. The summed E-state index contributed by atoms with van der Waals surface area (Å²) in [4.78, 5) is 2.42. The fourth-order valence-electron chi connectivity index (χ4n) is 2.63. The Labute approximate surface area is 109 Å². The van der Waals surface area contributed by atoms with Crippen LogP contribution >= 0.6 is 0 Å². The van der Waals surface area contributed by atoms with Crippen molar-refractivity contribution < 1.29 is 9.84 Å². The van der Waals surface area contributed by atoms with Gasteiger partial charge in [0.2, 0.25) is 0 Å². The largest absolute Gasteiger partial charge is 0.504 e. The SMILES string of the molecule is Cc1cccc(O)c1OCCC1CCCCN1C. The summed E-state index contributed by atoms with van der Waals surface area (Å²) in [5.41, 5.74) is 0.993. The number of hydrogen-bond acceptors (Lipinski definition) is 3. The lowest BCUT2D eigenvalue weighted by Gasteiger charge is -2.32. The maximum Gasteiger partial charge on any atom is 0.163 e. The Morgan fingerprint density at radius 1 is 1.39 bits per heavy atom. The van der Waals surface area contributed by atoms with E-state index in [2.05, 4.69) is 11.9 Å². The molecule has 1 atom stereocenters. The molecule has 1 aromatic carbocycles. The van der Waals surface area contributed by atoms with E-state index < -0.39 is 0 Å². The third kappa shape index (κ3) is 3.16. The number of aryl methyl sites for hydroxylation is 1. The highest BCUT2D eigenvalue weighted by atomic mass is 16.5. The van der Waals surface area contributed by atoms with Gasteiger partial charge in [-0.1, -0.05) is 18.6 Å². The summed E-state index contributed by atoms with van der Waals surface area (Å²) in [5.74, 6) is 0.878. The van der Waals surface area contributed by atoms with Crippen LogP contribution in [0.2, 0.25) is 0 Å². The molecule has 0 bridgehead atoms. The Morgan fingerprint density at radius 2 is 2.22 bits per heavy atom. The molecule has 1 N–H and O–H groups in total. The molecule has 1 saturated heterocycles. The summed E-state index contributed by atoms with van der Waals surface area (Å²) in [6.45, 7) is 3.83. The fourth-order valence-corrected chi connectivity index (χ4v) is 2.63. The number of rotatable bonds is 4. The predicted molar refractivity (Wildman–Crippen MR) is 73.2 cm³/mol. The van der Waals surface area contributed by atoms with Crippen LogP contribution in [-0.2, 0) is 0 Å². The van der Waals surface area contributed by atoms with E-state index in [4.69, 9.17) is 4.74 Å². The first kappa shape index (κ1) is 13.2. The number of phenolic OH excluding ortho intramolecular Hbond substituents is 1. The van der Waals surface area contributed by atoms with E-state index in [1.165, 1.54) is 25.8 Å². The minimum Gasteiger partial charge on any atom is -0.504 e. The molecule has 0 spiro atoms. The lowest BCUT2D eigenvalue weighted by molar-refractivity contribution is 0.151. The first-order valence-corrected chi connectivity index (χ1v) is 6.80. The standard InChI is InChI=1S/C15H23NO2/c1-12-6-5-8-14(17)15(12)18-11-9-13-7-3-4-10-16(13)2/h5-6,8,13,17H,3-4,7,9-11H2,1-2H3. The monoisotopic (exact) mass is 249 g/mol. The van der Waals surface area contributed by atoms with Crippen molar-refractivity contribution in [3.05, 3.63) is 23.8 Å². The van der Waals surface area contributed by atoms with Gasteiger partial charge in [0.25, 0.3) is 0 Å². The topological polar surface area (TPSA) is 32.7 Å². The van der Waals surface area contributed by atoms with Crippen molar-refractivity contribution in [2.24, 2.45) is 0 Å². The number of para-hydroxylation sites is 1. The number of piperidine rings is 1. The zero-order chi connectivity index (χ0) is 13.0. The van der Waals surface area contributed by atoms with Gasteiger partial charge in [-0.05, 0) is 51.4 Å². The van der Waals surface area contributed by atoms with Crippen molar-refractivity contribution in [2.75, 3.05) is 20.2 Å². The van der Waals surface area contributed by atoms with Crippen LogP contribution in [0.1, 0.15) is 31.2 Å². The van der Waals surface area contributed by atoms with E-state index in [9.17, 15) is 5.11 Å². The van der Waals surface area contributed by atoms with E-state index >= 15 is 0 Å². The van der Waals surface area contributed by atoms with E-state index in [1.807, 2.05) is 19.1 Å². The van der Waals surface area contributed by atoms with Crippen LogP contribution in [-0.4, -0.2) is 36.2 Å². The average Bonchev–Trinajstić information content (AvgIpc) is 2.35. The Bertz CT molecular complexity index is 372. The summed E-state index contributed by atoms with van der Waals surface area (Å²) in [5, 5.41) is 9.74. The van der Waals surface area contributed by atoms with Crippen LogP contribution in [0, 0.1) is 6.92 Å². The zero-order valence-electron chi connectivity index (χ0n) is 11.4. The molecule has 0 saturated carbocycles. The molecular weight excluding hydrogens is 226 g/mol. The van der Waals surface area contributed by atoms with Crippen LogP contribution in [0.3, 0.4) is 0 Å². The van der Waals surface area contributed by atoms with Crippen molar-refractivity contribution in [3.63, 3.8) is 0 Å². The molecule has 2 rings (SSSR count). The van der Waals surface area contributed by atoms with Gasteiger partial charge < -0.3 is 14.7 Å². The summed E-state index contributed by atoms with van der Waals surface area (Å²) in [6, 6.07) is 6.11. The average molecular weight is 249 g/mol. The third-order valence-electron chi connectivity index (χ3n) is 3.81. The van der Waals surface area contributed by atoms with Gasteiger partial charge in [-0.25, -0.2) is 0 Å². The molecule has 1 heterocycles. The van der Waals surface area contributed by atoms with Gasteiger partial charge in [-0.3, -0.25) is 0 Å². The second kappa shape index (κ2) is 6.10. The van der Waals surface area contributed by atoms with Gasteiger partial charge in [-0.2, -0.15) is 0 Å². The summed E-state index contributed by atoms with van der Waals surface area (Å²) in [7, 11) is 2.19. The van der Waals surface area contributed by atoms with Crippen LogP contribution in [0.5, 0.6) is 11.5 Å². The highest BCUT2D eigenvalue weighted by Gasteiger charge is 2.18. The molecule has 1 aliphatic heterocycles. The Hall–Kier alpha value is -1.22. The smallest absolute Gasteiger partial charge is 0.163 e. The quantitative estimate of drug-likeness (QED) is 0.890. The molecule has 1 aliphatic rings. The number of likely N-dealkylation sites (tertiary alicyclic amines) is 1. The van der Waals surface area contributed by atoms with E-state index in [-0.39, 0.29) is 5.75 Å². The number of nitrogens with zero attached hydrogens (tertiary/aromatic N) is 1. The van der Waals surface area contributed by atoms with E-state index in [0.717, 1.165) is 12.0 Å². The molecule has 0 amide bonds. The van der Waals surface area contributed by atoms with Gasteiger partial charge in [0.05, 0.1) is 6.61 Å². The molecule has 1 unspecified atom stereocenters. The van der Waals surface area contributed by atoms with Crippen LogP contribution in [0.25, 0.3) is 0 Å². The Morgan fingerprint density at radius 3 is 2.94 bits per heavy atom. The van der Waals surface area contributed by atoms with Crippen molar-refractivity contribution in [1.82, 2.24) is 4.90 Å². The van der Waals surface area contributed by atoms with E-state index in [0.29, 0.717) is 18.4 Å². The first-order valence-electron chi connectivity index (χ1n) is 6.80. The Kier molecular flexibility index (Phi) is 4.48. The maximum absolute atomic E-state index is 9.74. The third-order valence-corrected chi connectivity index (χ3v) is 3.81. The van der Waals surface area contributed by atoms with Crippen LogP contribution in [0.4, 0.5) is 0 Å². The molecule has 0 aliphatic carbocycles. The highest BCUT2D eigenvalue weighted by molar-refractivity contribution is 5.44. The molecule has 0 aromatic heterocycles. The van der Waals surface area contributed by atoms with Gasteiger partial charge in [-0.15, -0.1) is 0 Å². The van der Waals surface area contributed by atoms with Gasteiger partial charge in [0, 0.05) is 6.04 Å². The molecule has 100 valence electrons. The van der Waals surface area contributed by atoms with Gasteiger partial charge in [0.15, 0.2) is 11.5 Å². The summed E-state index contributed by atoms with van der Waals surface area (Å²) in [6.07, 6.45) is 4.93. The number of benzene rings is 1. The molecule has 3 heteroatoms. The molecule has 3 nitrogen and oxygen atoms in total. The van der Waals surface area contributed by atoms with Crippen LogP contribution < -0.4 is 4.74 Å². The van der Waals surface area contributed by atoms with E-state index in [1.54, 1.807) is 6.07 Å². The van der Waals surface area contributed by atoms with Crippen molar-refractivity contribution in [2.45, 2.75) is 38.6 Å². The first-order chi connectivity index (χ1) is 8.68. The number of phenols is 1. The summed E-state index contributed by atoms with van der Waals surface area (Å²) < 4.78 is 5.74.